The van der Waals surface area contributed by atoms with Crippen LogP contribution in [0.15, 0.2) is 10.7 Å². The number of aromatic nitrogens is 1. The summed E-state index contributed by atoms with van der Waals surface area (Å²) in [5, 5.41) is 0. The number of carbonyl (C=O) groups excluding carboxylic acids is 1. The number of esters is 1. The second-order valence-corrected chi connectivity index (χ2v) is 4.64. The third-order valence-electron chi connectivity index (χ3n) is 1.83. The van der Waals surface area contributed by atoms with Crippen LogP contribution in [0.3, 0.4) is 0 Å². The number of alkyl halides is 2. The first-order valence-electron chi connectivity index (χ1n) is 4.15. The molecule has 1 aromatic heterocycles. The maximum Gasteiger partial charge on any atom is 0.310 e. The monoisotopic (exact) mass is 405 g/mol. The lowest BCUT2D eigenvalue weighted by molar-refractivity contribution is -0.139. The first-order chi connectivity index (χ1) is 7.45. The van der Waals surface area contributed by atoms with Crippen LogP contribution in [0, 0.1) is 3.70 Å². The van der Waals surface area contributed by atoms with Gasteiger partial charge in [0.1, 0.15) is 8.30 Å². The summed E-state index contributed by atoms with van der Waals surface area (Å²) in [5.74, 6) is -0.484. The highest BCUT2D eigenvalue weighted by Gasteiger charge is 2.17. The topological polar surface area (TPSA) is 39.2 Å². The van der Waals surface area contributed by atoms with Gasteiger partial charge in [-0.15, -0.1) is 0 Å². The van der Waals surface area contributed by atoms with Gasteiger partial charge in [-0.05, 0) is 50.2 Å². The summed E-state index contributed by atoms with van der Waals surface area (Å²) in [7, 11) is 1.25. The van der Waals surface area contributed by atoms with E-state index in [9.17, 15) is 13.6 Å². The summed E-state index contributed by atoms with van der Waals surface area (Å²) in [5.41, 5.74) is 0.213. The summed E-state index contributed by atoms with van der Waals surface area (Å²) in [6.45, 7) is 0. The number of rotatable bonds is 3. The molecule has 0 aromatic carbocycles. The minimum absolute atomic E-state index is 0.0607. The molecule has 0 saturated heterocycles. The molecule has 7 heteroatoms. The molecule has 0 fully saturated rings. The highest BCUT2D eigenvalue weighted by molar-refractivity contribution is 14.1. The molecule has 0 bridgehead atoms. The predicted octanol–water partition coefficient (Wildman–Crippen LogP) is 3.10. The van der Waals surface area contributed by atoms with E-state index in [1.807, 2.05) is 22.6 Å². The molecule has 0 radical (unpaired) electrons. The molecule has 88 valence electrons. The van der Waals surface area contributed by atoms with E-state index >= 15 is 0 Å². The van der Waals surface area contributed by atoms with Gasteiger partial charge in [0.05, 0.1) is 19.1 Å². The Kier molecular flexibility index (Phi) is 5.03. The first kappa shape index (κ1) is 13.8. The highest BCUT2D eigenvalue weighted by Crippen LogP contribution is 2.28. The molecule has 0 N–H and O–H groups in total. The van der Waals surface area contributed by atoms with Gasteiger partial charge < -0.3 is 4.74 Å². The molecule has 1 heterocycles. The zero-order valence-corrected chi connectivity index (χ0v) is 11.9. The Labute approximate surface area is 113 Å². The molecule has 0 amide bonds. The maximum absolute atomic E-state index is 12.6. The van der Waals surface area contributed by atoms with Gasteiger partial charge in [-0.1, -0.05) is 0 Å². The van der Waals surface area contributed by atoms with Crippen molar-refractivity contribution in [3.63, 3.8) is 0 Å². The largest absolute Gasteiger partial charge is 0.469 e. The van der Waals surface area contributed by atoms with Crippen LogP contribution in [-0.4, -0.2) is 18.1 Å². The smallest absolute Gasteiger partial charge is 0.310 e. The average molecular weight is 406 g/mol. The Morgan fingerprint density at radius 3 is 2.81 bits per heavy atom. The average Bonchev–Trinajstić information content (AvgIpc) is 2.21. The minimum Gasteiger partial charge on any atom is -0.469 e. The lowest BCUT2D eigenvalue weighted by atomic mass is 10.1. The quantitative estimate of drug-likeness (QED) is 0.440. The zero-order chi connectivity index (χ0) is 12.3. The van der Waals surface area contributed by atoms with Crippen molar-refractivity contribution in [3.8, 4) is 0 Å². The van der Waals surface area contributed by atoms with Gasteiger partial charge in [0, 0.05) is 0 Å². The zero-order valence-electron chi connectivity index (χ0n) is 8.14. The van der Waals surface area contributed by atoms with E-state index in [2.05, 4.69) is 25.7 Å². The van der Waals surface area contributed by atoms with Crippen molar-refractivity contribution in [1.82, 2.24) is 4.98 Å². The molecule has 3 nitrogen and oxygen atoms in total. The van der Waals surface area contributed by atoms with Crippen molar-refractivity contribution in [2.24, 2.45) is 0 Å². The molecule has 0 aliphatic rings. The molecule has 0 aliphatic carbocycles. The Bertz CT molecular complexity index is 415. The summed E-state index contributed by atoms with van der Waals surface area (Å²) in [4.78, 5) is 14.9. The van der Waals surface area contributed by atoms with Gasteiger partial charge >= 0.3 is 5.97 Å². The summed E-state index contributed by atoms with van der Waals surface area (Å²) < 4.78 is 30.2. The van der Waals surface area contributed by atoms with Crippen molar-refractivity contribution in [3.05, 3.63) is 25.5 Å². The van der Waals surface area contributed by atoms with E-state index in [1.54, 1.807) is 0 Å². The van der Waals surface area contributed by atoms with Gasteiger partial charge in [-0.2, -0.15) is 0 Å². The van der Waals surface area contributed by atoms with Crippen LogP contribution in [0.25, 0.3) is 0 Å². The third-order valence-corrected chi connectivity index (χ3v) is 3.40. The third kappa shape index (κ3) is 3.34. The van der Waals surface area contributed by atoms with Crippen LogP contribution < -0.4 is 0 Å². The van der Waals surface area contributed by atoms with Gasteiger partial charge in [-0.3, -0.25) is 4.79 Å². The molecular formula is C9H7BrF2INO2. The van der Waals surface area contributed by atoms with E-state index in [4.69, 9.17) is 0 Å². The van der Waals surface area contributed by atoms with E-state index in [1.165, 1.54) is 13.2 Å². The lowest BCUT2D eigenvalue weighted by Gasteiger charge is -2.08. The highest BCUT2D eigenvalue weighted by atomic mass is 127. The number of halogens is 4. The van der Waals surface area contributed by atoms with E-state index in [0.717, 1.165) is 0 Å². The number of pyridine rings is 1. The van der Waals surface area contributed by atoms with Gasteiger partial charge in [0.25, 0.3) is 6.43 Å². The van der Waals surface area contributed by atoms with Gasteiger partial charge in [-0.25, -0.2) is 13.8 Å². The predicted molar refractivity (Wildman–Crippen MR) is 65.3 cm³/mol. The van der Waals surface area contributed by atoms with Crippen LogP contribution in [-0.2, 0) is 16.0 Å². The SMILES string of the molecule is COC(=O)Cc1cc(C(F)F)c(Br)nc1I. The Morgan fingerprint density at radius 1 is 1.69 bits per heavy atom. The summed E-state index contributed by atoms with van der Waals surface area (Å²) >= 11 is 4.84. The lowest BCUT2D eigenvalue weighted by Crippen LogP contribution is -2.08. The number of ether oxygens (including phenoxy) is 1. The molecular weight excluding hydrogens is 399 g/mol. The molecule has 0 saturated carbocycles. The van der Waals surface area contributed by atoms with Gasteiger partial charge in [0.2, 0.25) is 0 Å². The Balaban J connectivity index is 3.09. The fourth-order valence-corrected chi connectivity index (χ4v) is 2.42. The van der Waals surface area contributed by atoms with Gasteiger partial charge in [0.15, 0.2) is 0 Å². The molecule has 0 unspecified atom stereocenters. The Morgan fingerprint density at radius 2 is 2.31 bits per heavy atom. The fraction of sp³-hybridized carbons (Fsp3) is 0.333. The van der Waals surface area contributed by atoms with Crippen LogP contribution in [0.2, 0.25) is 0 Å². The van der Waals surface area contributed by atoms with Crippen LogP contribution >= 0.6 is 38.5 Å². The van der Waals surface area contributed by atoms with E-state index in [-0.39, 0.29) is 16.6 Å². The number of nitrogens with zero attached hydrogens (tertiary/aromatic N) is 1. The number of carbonyl (C=O) groups is 1. The van der Waals surface area contributed by atoms with Crippen LogP contribution in [0.5, 0.6) is 0 Å². The van der Waals surface area contributed by atoms with E-state index < -0.39 is 12.4 Å². The number of hydrogen-bond donors (Lipinski definition) is 0. The maximum atomic E-state index is 12.6. The molecule has 1 rings (SSSR count). The number of hydrogen-bond acceptors (Lipinski definition) is 3. The van der Waals surface area contributed by atoms with Crippen molar-refractivity contribution >= 4 is 44.5 Å². The molecule has 0 spiro atoms. The summed E-state index contributed by atoms with van der Waals surface area (Å²) in [6.07, 6.45) is -2.69. The van der Waals surface area contributed by atoms with Crippen LogP contribution in [0.1, 0.15) is 17.6 Å². The molecule has 0 aliphatic heterocycles. The normalized spacial score (nSPS) is 10.6. The van der Waals surface area contributed by atoms with Crippen LogP contribution in [0.4, 0.5) is 8.78 Å². The number of methoxy groups -OCH3 is 1. The molecule has 16 heavy (non-hydrogen) atoms. The Hall–Kier alpha value is -0.310. The van der Waals surface area contributed by atoms with Crippen molar-refractivity contribution < 1.29 is 18.3 Å². The fourth-order valence-electron chi connectivity index (χ4n) is 1.03. The second kappa shape index (κ2) is 5.85. The standard InChI is InChI=1S/C9H7BrF2INO2/c1-16-6(15)3-4-2-5(8(11)12)7(10)14-9(4)13/h2,8H,3H2,1H3. The van der Waals surface area contributed by atoms with Crippen molar-refractivity contribution in [1.29, 1.82) is 0 Å². The molecule has 0 atom stereocenters. The molecule has 1 aromatic rings. The second-order valence-electron chi connectivity index (χ2n) is 2.87. The van der Waals surface area contributed by atoms with Crippen molar-refractivity contribution in [2.45, 2.75) is 12.8 Å². The minimum atomic E-state index is -2.63. The van der Waals surface area contributed by atoms with Crippen molar-refractivity contribution in [2.75, 3.05) is 7.11 Å². The summed E-state index contributed by atoms with van der Waals surface area (Å²) in [6, 6.07) is 1.26. The first-order valence-corrected chi connectivity index (χ1v) is 6.02. The van der Waals surface area contributed by atoms with E-state index in [0.29, 0.717) is 9.26 Å².